The molecule has 0 radical (unpaired) electrons. The maximum Gasteiger partial charge on any atom is 0.274 e. The van der Waals surface area contributed by atoms with Gasteiger partial charge in [-0.05, 0) is 43.1 Å². The minimum atomic E-state index is -3.59. The second kappa shape index (κ2) is 5.87. The van der Waals surface area contributed by atoms with Gasteiger partial charge in [-0.2, -0.15) is 0 Å². The molecule has 7 heteroatoms. The summed E-state index contributed by atoms with van der Waals surface area (Å²) in [5.74, 6) is 0.593. The summed E-state index contributed by atoms with van der Waals surface area (Å²) < 4.78 is 31.9. The molecule has 0 saturated heterocycles. The van der Waals surface area contributed by atoms with Crippen LogP contribution in [0.3, 0.4) is 0 Å². The Balaban J connectivity index is 2.07. The predicted octanol–water partition coefficient (Wildman–Crippen LogP) is 1.85. The van der Waals surface area contributed by atoms with Crippen LogP contribution < -0.4 is 10.0 Å². The molecule has 2 N–H and O–H groups in total. The van der Waals surface area contributed by atoms with Crippen molar-refractivity contribution in [1.82, 2.24) is 10.0 Å². The highest BCUT2D eigenvalue weighted by Gasteiger charge is 2.18. The molecule has 5 nitrogen and oxygen atoms in total. The van der Waals surface area contributed by atoms with Crippen LogP contribution in [0, 0.1) is 6.92 Å². The van der Waals surface area contributed by atoms with Gasteiger partial charge in [0.05, 0.1) is 6.54 Å². The quantitative estimate of drug-likeness (QED) is 0.854. The van der Waals surface area contributed by atoms with Crippen LogP contribution >= 0.6 is 11.3 Å². The Morgan fingerprint density at radius 2 is 2.05 bits per heavy atom. The first-order valence-corrected chi connectivity index (χ1v) is 8.15. The van der Waals surface area contributed by atoms with E-state index in [1.807, 2.05) is 18.4 Å². The van der Waals surface area contributed by atoms with Crippen molar-refractivity contribution in [2.45, 2.75) is 25.1 Å². The van der Waals surface area contributed by atoms with Gasteiger partial charge in [0.2, 0.25) is 5.09 Å². The topological polar surface area (TPSA) is 71.3 Å². The van der Waals surface area contributed by atoms with Gasteiger partial charge in [-0.1, -0.05) is 0 Å². The van der Waals surface area contributed by atoms with E-state index in [-0.39, 0.29) is 11.6 Å². The molecule has 0 aliphatic carbocycles. The maximum absolute atomic E-state index is 12.0. The summed E-state index contributed by atoms with van der Waals surface area (Å²) in [4.78, 5) is 1.01. The number of aryl methyl sites for hydroxylation is 1. The summed E-state index contributed by atoms with van der Waals surface area (Å²) in [6.07, 6.45) is 0. The van der Waals surface area contributed by atoms with Gasteiger partial charge >= 0.3 is 0 Å². The number of hydrogen-bond donors (Lipinski definition) is 2. The molecule has 0 unspecified atom stereocenters. The van der Waals surface area contributed by atoms with Gasteiger partial charge in [-0.25, -0.2) is 13.1 Å². The number of nitrogens with one attached hydrogen (secondary N) is 2. The number of hydrogen-bond acceptors (Lipinski definition) is 5. The second-order valence-corrected chi connectivity index (χ2v) is 6.80. The Morgan fingerprint density at radius 1 is 1.26 bits per heavy atom. The van der Waals surface area contributed by atoms with Crippen LogP contribution in [-0.2, 0) is 23.1 Å². The first-order valence-electron chi connectivity index (χ1n) is 5.79. The summed E-state index contributed by atoms with van der Waals surface area (Å²) >= 11 is 1.53. The van der Waals surface area contributed by atoms with E-state index in [0.29, 0.717) is 12.3 Å². The Labute approximate surface area is 116 Å². The lowest BCUT2D eigenvalue weighted by molar-refractivity contribution is 0.404. The molecular formula is C12H16N2O3S2. The second-order valence-electron chi connectivity index (χ2n) is 4.10. The molecule has 2 aromatic rings. The lowest BCUT2D eigenvalue weighted by atomic mass is 10.3. The molecule has 2 aromatic heterocycles. The third-order valence-corrected chi connectivity index (χ3v) is 4.94. The van der Waals surface area contributed by atoms with Crippen LogP contribution in [0.4, 0.5) is 0 Å². The normalized spacial score (nSPS) is 11.9. The Bertz CT molecular complexity index is 643. The zero-order valence-electron chi connectivity index (χ0n) is 10.8. The molecule has 2 heterocycles. The van der Waals surface area contributed by atoms with Crippen LogP contribution in [-0.4, -0.2) is 15.5 Å². The first-order chi connectivity index (χ1) is 9.03. The molecule has 0 fully saturated rings. The summed E-state index contributed by atoms with van der Waals surface area (Å²) in [5, 5.41) is 4.80. The van der Waals surface area contributed by atoms with Gasteiger partial charge in [-0.3, -0.25) is 0 Å². The van der Waals surface area contributed by atoms with E-state index >= 15 is 0 Å². The van der Waals surface area contributed by atoms with Crippen molar-refractivity contribution in [3.63, 3.8) is 0 Å². The zero-order chi connectivity index (χ0) is 13.9. The first kappa shape index (κ1) is 14.3. The molecule has 0 saturated carbocycles. The predicted molar refractivity (Wildman–Crippen MR) is 74.6 cm³/mol. The molecule has 0 aliphatic rings. The monoisotopic (exact) mass is 300 g/mol. The van der Waals surface area contributed by atoms with Crippen LogP contribution in [0.5, 0.6) is 0 Å². The lowest BCUT2D eigenvalue weighted by Crippen LogP contribution is -2.22. The molecule has 0 atom stereocenters. The van der Waals surface area contributed by atoms with E-state index in [1.165, 1.54) is 17.4 Å². The van der Waals surface area contributed by atoms with Crippen LogP contribution in [0.2, 0.25) is 0 Å². The van der Waals surface area contributed by atoms with E-state index < -0.39 is 10.0 Å². The molecule has 0 bridgehead atoms. The van der Waals surface area contributed by atoms with Gasteiger partial charge in [0.1, 0.15) is 5.76 Å². The van der Waals surface area contributed by atoms with E-state index in [1.54, 1.807) is 13.1 Å². The molecule has 0 aromatic carbocycles. The maximum atomic E-state index is 12.0. The van der Waals surface area contributed by atoms with Crippen LogP contribution in [0.25, 0.3) is 0 Å². The van der Waals surface area contributed by atoms with Crippen LogP contribution in [0.1, 0.15) is 16.2 Å². The molecule has 104 valence electrons. The average molecular weight is 300 g/mol. The molecule has 0 amide bonds. The van der Waals surface area contributed by atoms with Crippen LogP contribution in [0.15, 0.2) is 33.1 Å². The molecule has 19 heavy (non-hydrogen) atoms. The third-order valence-electron chi connectivity index (χ3n) is 2.64. The van der Waals surface area contributed by atoms with E-state index in [4.69, 9.17) is 4.42 Å². The molecule has 0 aliphatic heterocycles. The summed E-state index contributed by atoms with van der Waals surface area (Å²) in [6, 6.07) is 5.09. The van der Waals surface area contributed by atoms with E-state index in [0.717, 1.165) is 10.4 Å². The standard InChI is InChI=1S/C12H16N2O3S2/c1-9-5-6-18-11(9)8-14-19(15,16)12-4-3-10(17-12)7-13-2/h3-6,13-14H,7-8H2,1-2H3. The van der Waals surface area contributed by atoms with Gasteiger partial charge in [0.15, 0.2) is 0 Å². The highest BCUT2D eigenvalue weighted by Crippen LogP contribution is 2.18. The highest BCUT2D eigenvalue weighted by molar-refractivity contribution is 7.89. The number of sulfonamides is 1. The minimum Gasteiger partial charge on any atom is -0.447 e. The summed E-state index contributed by atoms with van der Waals surface area (Å²) in [7, 11) is -1.82. The van der Waals surface area contributed by atoms with Crippen molar-refractivity contribution in [3.05, 3.63) is 39.8 Å². The Morgan fingerprint density at radius 3 is 2.68 bits per heavy atom. The van der Waals surface area contributed by atoms with Crippen molar-refractivity contribution in [2.75, 3.05) is 7.05 Å². The van der Waals surface area contributed by atoms with Crippen molar-refractivity contribution >= 4 is 21.4 Å². The SMILES string of the molecule is CNCc1ccc(S(=O)(=O)NCc2sccc2C)o1. The number of rotatable bonds is 6. The van der Waals surface area contributed by atoms with Gasteiger partial charge in [0.25, 0.3) is 10.0 Å². The molecule has 2 rings (SSSR count). The third kappa shape index (κ3) is 3.44. The summed E-state index contributed by atoms with van der Waals surface area (Å²) in [6.45, 7) is 2.74. The lowest BCUT2D eigenvalue weighted by Gasteiger charge is -2.03. The number of furan rings is 1. The minimum absolute atomic E-state index is 0.0491. The van der Waals surface area contributed by atoms with Gasteiger partial charge in [0, 0.05) is 11.4 Å². The highest BCUT2D eigenvalue weighted by atomic mass is 32.2. The van der Waals surface area contributed by atoms with Gasteiger partial charge < -0.3 is 9.73 Å². The average Bonchev–Trinajstić information content (AvgIpc) is 2.97. The smallest absolute Gasteiger partial charge is 0.274 e. The van der Waals surface area contributed by atoms with Gasteiger partial charge in [-0.15, -0.1) is 11.3 Å². The fourth-order valence-electron chi connectivity index (χ4n) is 1.59. The van der Waals surface area contributed by atoms with Crippen molar-refractivity contribution in [2.24, 2.45) is 0 Å². The van der Waals surface area contributed by atoms with Crippen molar-refractivity contribution in [1.29, 1.82) is 0 Å². The fraction of sp³-hybridized carbons (Fsp3) is 0.333. The van der Waals surface area contributed by atoms with E-state index in [9.17, 15) is 8.42 Å². The summed E-state index contributed by atoms with van der Waals surface area (Å²) in [5.41, 5.74) is 1.09. The van der Waals surface area contributed by atoms with Crippen molar-refractivity contribution in [3.8, 4) is 0 Å². The Hall–Kier alpha value is -1.15. The largest absolute Gasteiger partial charge is 0.447 e. The van der Waals surface area contributed by atoms with E-state index in [2.05, 4.69) is 10.0 Å². The Kier molecular flexibility index (Phi) is 4.41. The zero-order valence-corrected chi connectivity index (χ0v) is 12.4. The fourth-order valence-corrected chi connectivity index (χ4v) is 3.47. The molecular weight excluding hydrogens is 284 g/mol. The number of thiophene rings is 1. The van der Waals surface area contributed by atoms with Crippen molar-refractivity contribution < 1.29 is 12.8 Å². The molecule has 0 spiro atoms.